The third-order valence-electron chi connectivity index (χ3n) is 51.4. The van der Waals surface area contributed by atoms with Crippen molar-refractivity contribution in [2.24, 2.45) is 184 Å². The zero-order valence-corrected chi connectivity index (χ0v) is 93.5. The molecule has 0 heterocycles. The molecule has 19 fully saturated rings. The van der Waals surface area contributed by atoms with E-state index in [-0.39, 0.29) is 109 Å². The number of Topliss-reactive ketones (excluding diaryl/α,β-unsaturated/α-hetero) is 1. The minimum atomic E-state index is -1.23. The van der Waals surface area contributed by atoms with Crippen LogP contribution in [0.1, 0.15) is 417 Å². The molecular formula is C128H195N3O17. The van der Waals surface area contributed by atoms with Crippen LogP contribution in [0.25, 0.3) is 0 Å². The van der Waals surface area contributed by atoms with Crippen molar-refractivity contribution in [3.05, 3.63) is 70.8 Å². The van der Waals surface area contributed by atoms with Crippen LogP contribution in [0.15, 0.2) is 65.3 Å². The summed E-state index contributed by atoms with van der Waals surface area (Å²) in [5.41, 5.74) is 2.78. The molecule has 0 aliphatic heterocycles. The molecule has 20 heteroatoms. The van der Waals surface area contributed by atoms with E-state index in [1.807, 2.05) is 49.4 Å². The number of carbonyl (C=O) groups is 8. The third kappa shape index (κ3) is 18.7. The Morgan fingerprint density at radius 3 is 1.65 bits per heavy atom. The molecule has 1 aromatic rings. The third-order valence-corrected chi connectivity index (χ3v) is 51.4. The molecule has 0 bridgehead atoms. The number of nitrogens with one attached hydrogen (secondary N) is 3. The summed E-state index contributed by atoms with van der Waals surface area (Å²) in [4.78, 5) is 98.7. The van der Waals surface area contributed by atoms with Crippen LogP contribution < -0.4 is 16.0 Å². The minimum absolute atomic E-state index is 0.0675. The van der Waals surface area contributed by atoms with Gasteiger partial charge in [-0.25, -0.2) is 4.79 Å². The Morgan fingerprint density at radius 1 is 0.439 bits per heavy atom. The lowest BCUT2D eigenvalue weighted by Crippen LogP contribution is -2.67. The molecule has 3 amide bonds. The highest BCUT2D eigenvalue weighted by atomic mass is 16.5. The number of esters is 1. The smallest absolute Gasteiger partial charge is 0.328 e. The monoisotopic (exact) mass is 2050 g/mol. The molecule has 22 aliphatic rings. The van der Waals surface area contributed by atoms with Gasteiger partial charge >= 0.3 is 5.97 Å². The van der Waals surface area contributed by atoms with Gasteiger partial charge in [0, 0.05) is 80.2 Å². The van der Waals surface area contributed by atoms with Crippen LogP contribution >= 0.6 is 0 Å². The second-order valence-electron chi connectivity index (χ2n) is 56.9. The van der Waals surface area contributed by atoms with Crippen LogP contribution in [0.3, 0.4) is 0 Å². The maximum Gasteiger partial charge on any atom is 0.328 e. The van der Waals surface area contributed by atoms with Gasteiger partial charge in [-0.3, -0.25) is 33.6 Å². The summed E-state index contributed by atoms with van der Waals surface area (Å²) >= 11 is 0. The molecular weight excluding hydrogens is 1850 g/mol. The van der Waals surface area contributed by atoms with E-state index in [2.05, 4.69) is 99.0 Å². The van der Waals surface area contributed by atoms with E-state index < -0.39 is 40.3 Å². The van der Waals surface area contributed by atoms with Crippen molar-refractivity contribution >= 4 is 46.8 Å². The number of hydrogen-bond acceptors (Lipinski definition) is 17. The van der Waals surface area contributed by atoms with E-state index in [0.717, 1.165) is 242 Å². The molecule has 41 atom stereocenters. The molecule has 20 nitrogen and oxygen atoms in total. The van der Waals surface area contributed by atoms with Crippen LogP contribution in [0, 0.1) is 184 Å². The lowest BCUT2D eigenvalue weighted by Gasteiger charge is -2.65. The van der Waals surface area contributed by atoms with Gasteiger partial charge in [-0.1, -0.05) is 137 Å². The molecule has 19 saturated carbocycles. The molecule has 824 valence electrons. The largest absolute Gasteiger partial charge is 0.467 e. The Kier molecular flexibility index (Phi) is 31.7. The Morgan fingerprint density at radius 2 is 0.986 bits per heavy atom. The van der Waals surface area contributed by atoms with Crippen molar-refractivity contribution in [2.75, 3.05) is 20.2 Å². The van der Waals surface area contributed by atoms with Crippen LogP contribution in [0.4, 0.5) is 0 Å². The van der Waals surface area contributed by atoms with Crippen LogP contribution in [-0.4, -0.2) is 161 Å². The fraction of sp³-hybridized carbons (Fsp3) is 0.844. The molecule has 11 N–H and O–H groups in total. The predicted molar refractivity (Wildman–Crippen MR) is 575 cm³/mol. The van der Waals surface area contributed by atoms with Gasteiger partial charge < -0.3 is 61.5 Å². The van der Waals surface area contributed by atoms with Crippen molar-refractivity contribution < 1.29 is 83.9 Å². The molecule has 23 rings (SSSR count). The summed E-state index contributed by atoms with van der Waals surface area (Å²) in [6, 6.07) is 9.04. The van der Waals surface area contributed by atoms with E-state index in [1.165, 1.54) is 94.5 Å². The molecule has 0 saturated heterocycles. The highest BCUT2D eigenvalue weighted by molar-refractivity contribution is 5.94. The predicted octanol–water partition coefficient (Wildman–Crippen LogP) is 21.6. The first-order valence-corrected chi connectivity index (χ1v) is 61.0. The van der Waals surface area contributed by atoms with E-state index in [4.69, 9.17) is 4.74 Å². The van der Waals surface area contributed by atoms with Gasteiger partial charge in [0.15, 0.2) is 17.3 Å². The van der Waals surface area contributed by atoms with Gasteiger partial charge in [-0.05, 0) is 469 Å². The minimum Gasteiger partial charge on any atom is -0.467 e. The first-order chi connectivity index (χ1) is 70.2. The van der Waals surface area contributed by atoms with E-state index >= 15 is 0 Å². The normalized spacial score (nSPS) is 48.3. The summed E-state index contributed by atoms with van der Waals surface area (Å²) < 4.78 is 4.98. The summed E-state index contributed by atoms with van der Waals surface area (Å²) in [5, 5.41) is 98.4. The summed E-state index contributed by atoms with van der Waals surface area (Å²) in [7, 11) is 1.37. The fourth-order valence-electron chi connectivity index (χ4n) is 42.9. The summed E-state index contributed by atoms with van der Waals surface area (Å²) in [6.45, 7) is 31.5. The lowest BCUT2D eigenvalue weighted by atomic mass is 9.42. The number of fused-ring (bicyclic) bond motifs is 25. The van der Waals surface area contributed by atoms with Gasteiger partial charge in [0.25, 0.3) is 5.91 Å². The van der Waals surface area contributed by atoms with Crippen LogP contribution in [0.5, 0.6) is 0 Å². The lowest BCUT2D eigenvalue weighted by molar-refractivity contribution is -0.244. The average Bonchev–Trinajstić information content (AvgIpc) is 1.48. The second-order valence-corrected chi connectivity index (χ2v) is 56.9. The number of methoxy groups -OCH3 is 1. The Hall–Kier alpha value is -5.32. The first kappa shape index (κ1) is 111. The zero-order valence-electron chi connectivity index (χ0n) is 93.5. The molecule has 34 unspecified atom stereocenters. The highest BCUT2D eigenvalue weighted by Gasteiger charge is 2.74. The number of unbranched alkanes of at least 4 members (excludes halogenated alkanes) is 1. The highest BCUT2D eigenvalue weighted by Crippen LogP contribution is 2.77. The molecule has 0 aromatic heterocycles. The van der Waals surface area contributed by atoms with Gasteiger partial charge in [0.1, 0.15) is 17.4 Å². The van der Waals surface area contributed by atoms with E-state index in [0.29, 0.717) is 168 Å². The van der Waals surface area contributed by atoms with E-state index in [9.17, 15) is 79.2 Å². The fourth-order valence-corrected chi connectivity index (χ4v) is 42.9. The number of aliphatic hydroxyl groups excluding tert-OH is 5. The molecule has 22 aliphatic carbocycles. The SMILES string of the molecule is CC12CCC(O)C[C@H]1CCC1C2CC(O)C2(C)C(C3=CC(=O)CC3)CCC12O.CC12CCC(O)C[C@H]1CCC1C2CCC2(C)C(C3=CC(=O)CC3)CCC12O.CCCCNC(=O)[C@@]1(O)CCC2C3CCC4=CC(=O)CCC4(C)C3CCC21C.CCNC(=O)C1CCC2C3CC[C@@H]4CC(=O)CCC4(C)C3CCC12C.COC(=O)C(Cc1ccccc1)NC(=O)CCC(C)C1CCC2C3C[C@H](O)[C@@H]4C[C@H](O)CCC4(C)C3CCC12C. The van der Waals surface area contributed by atoms with Gasteiger partial charge in [0.05, 0.1) is 48.8 Å². The molecule has 0 radical (unpaired) electrons. The first-order valence-electron chi connectivity index (χ1n) is 61.0. The van der Waals surface area contributed by atoms with Crippen LogP contribution in [0.2, 0.25) is 0 Å². The maximum atomic E-state index is 13.0. The van der Waals surface area contributed by atoms with Crippen molar-refractivity contribution in [2.45, 2.75) is 471 Å². The number of amides is 3. The Labute approximate surface area is 887 Å². The van der Waals surface area contributed by atoms with Crippen molar-refractivity contribution in [3.63, 3.8) is 0 Å². The number of ketones is 4. The zero-order chi connectivity index (χ0) is 106. The van der Waals surface area contributed by atoms with Gasteiger partial charge in [-0.15, -0.1) is 0 Å². The number of rotatable bonds is 16. The summed E-state index contributed by atoms with van der Waals surface area (Å²) in [5.74, 6) is 11.9. The van der Waals surface area contributed by atoms with Crippen molar-refractivity contribution in [3.8, 4) is 0 Å². The standard InChI is InChI=1S/C34H51NO5.C24H37NO3.C24H36O4.C24H36O3.C22H35NO2/c1-21(10-13-31(38)35-29(32(39)40-4)18-22-8-6-5-7-9-22)25-11-12-26-24-20-30(37)28-19-23(36)14-16-34(28,3)27(24)15-17-33(25,26)2;1-4-5-14-25-21(27)24(28)13-10-20-18-7-6-16-15-17(26)8-11-22(16,2)19(18)9-12-23(20,24)3;1-22-9-7-17(26)12-15(22)4-6-19-20(22)13-21(27)23(2)18(8-10-24(19,23)28)14-3-5-16(25)11-14;1-22-10-7-18(26)14-16(22)4-6-21-20(22)8-11-23(2)19(9-12-24(21,23)27)15-3-5-17(25)13-15;1-4-23-20(25)19-8-7-17-16-6-5-14-13-15(24)9-11-21(14,2)18(16)10-12-22(17,19)3/h5-9,21,23-30,36-37H,10-20H2,1-4H3,(H,35,38);15,18-20,28H,4-14H2,1-3H3,(H,25,27);11,15,17-21,26-28H,3-10,12-13H2,1-2H3;13,16,18-21,26-27H,3-12,14H2,1-2H3;14,16-19H,4-13H2,1-3H3,(H,23,25)/t21?,23-,24?,25?,26?,27?,28+,29?,30+,33?,34?;18?,19?,20?,22?,23?,24-;15-,17?,18?,19?,20?,21?,22?,23?,24?;16-,18?,19?,20?,21?,22?,23?,24?;14-,16?,17?,18?,19?,21?,22?/m10111/s1. The molecule has 0 spiro atoms. The topological polar surface area (TPSA) is 344 Å². The number of allylic oxidation sites excluding steroid dienone is 5. The Bertz CT molecular complexity index is 5140. The average molecular weight is 2050 g/mol. The van der Waals surface area contributed by atoms with Crippen LogP contribution in [-0.2, 0) is 49.5 Å². The number of carbonyl (C=O) groups excluding carboxylic acids is 8. The van der Waals surface area contributed by atoms with Crippen molar-refractivity contribution in [1.29, 1.82) is 0 Å². The Balaban J connectivity index is 0.000000118. The quantitative estimate of drug-likeness (QED) is 0.0541. The number of ether oxygens (including phenoxy) is 1. The molecule has 1 aromatic carbocycles. The second kappa shape index (κ2) is 42.2. The maximum absolute atomic E-state index is 13.0. The van der Waals surface area contributed by atoms with Crippen molar-refractivity contribution in [1.82, 2.24) is 16.0 Å². The summed E-state index contributed by atoms with van der Waals surface area (Å²) in [6.07, 6.45) is 53.4. The van der Waals surface area contributed by atoms with E-state index in [1.54, 1.807) is 6.08 Å². The number of hydrogen-bond donors (Lipinski definition) is 11. The van der Waals surface area contributed by atoms with Gasteiger partial charge in [-0.2, -0.15) is 0 Å². The molecule has 148 heavy (non-hydrogen) atoms. The number of aliphatic hydroxyl groups is 8. The van der Waals surface area contributed by atoms with Gasteiger partial charge in [0.2, 0.25) is 11.8 Å². The number of benzene rings is 1.